The lowest BCUT2D eigenvalue weighted by Crippen LogP contribution is -2.22. The Hall–Kier alpha value is 0.230. The van der Waals surface area contributed by atoms with E-state index in [9.17, 15) is 0 Å². The lowest BCUT2D eigenvalue weighted by atomic mass is 10.2. The van der Waals surface area contributed by atoms with Gasteiger partial charge >= 0.3 is 0 Å². The van der Waals surface area contributed by atoms with E-state index >= 15 is 0 Å². The summed E-state index contributed by atoms with van der Waals surface area (Å²) >= 11 is 0. The first-order valence-corrected chi connectivity index (χ1v) is 5.85. The van der Waals surface area contributed by atoms with Crippen molar-refractivity contribution in [3.63, 3.8) is 0 Å². The average molecular weight is 183 g/mol. The summed E-state index contributed by atoms with van der Waals surface area (Å²) in [5.41, 5.74) is 0. The summed E-state index contributed by atoms with van der Waals surface area (Å²) in [6.45, 7) is 8.68. The monoisotopic (exact) mass is 183 g/mol. The van der Waals surface area contributed by atoms with Crippen molar-refractivity contribution in [2.75, 3.05) is 12.8 Å². The Bertz CT molecular complexity index is 81.0. The lowest BCUT2D eigenvalue weighted by molar-refractivity contribution is 0.468. The minimum Gasteiger partial charge on any atom is -0.286 e. The Labute approximate surface area is 71.7 Å². The van der Waals surface area contributed by atoms with Gasteiger partial charge in [-0.3, -0.25) is 9.11 Å². The third kappa shape index (κ3) is 17.9. The van der Waals surface area contributed by atoms with Gasteiger partial charge in [-0.05, 0) is 5.92 Å². The maximum atomic E-state index is 8.79. The zero-order chi connectivity index (χ0) is 9.49. The van der Waals surface area contributed by atoms with Crippen molar-refractivity contribution < 1.29 is 9.11 Å². The van der Waals surface area contributed by atoms with E-state index in [2.05, 4.69) is 4.72 Å². The smallest absolute Gasteiger partial charge is 0.0416 e. The molecule has 0 saturated heterocycles. The fourth-order valence-electron chi connectivity index (χ4n) is 0.325. The van der Waals surface area contributed by atoms with Crippen LogP contribution in [0.2, 0.25) is 0 Å². The van der Waals surface area contributed by atoms with Crippen LogP contribution in [0.15, 0.2) is 0 Å². The van der Waals surface area contributed by atoms with Gasteiger partial charge < -0.3 is 0 Å². The summed E-state index contributed by atoms with van der Waals surface area (Å²) in [5, 5.41) is 0. The zero-order valence-electron chi connectivity index (χ0n) is 8.09. The summed E-state index contributed by atoms with van der Waals surface area (Å²) < 4.78 is 20.2. The molecular formula is C7H21NO2S. The van der Waals surface area contributed by atoms with E-state index in [1.165, 1.54) is 6.26 Å². The molecule has 0 aliphatic rings. The van der Waals surface area contributed by atoms with Crippen LogP contribution in [0.3, 0.4) is 0 Å². The zero-order valence-corrected chi connectivity index (χ0v) is 8.90. The number of hydrogen-bond donors (Lipinski definition) is 3. The van der Waals surface area contributed by atoms with Gasteiger partial charge in [0.2, 0.25) is 0 Å². The molecule has 0 atom stereocenters. The Morgan fingerprint density at radius 1 is 1.27 bits per heavy atom. The standard InChI is InChI=1S/C5H15NO2S.C2H6/c1-5(2)4-6-9(3,7)8;1-2/h5-8H,4H2,1-3H3;1-2H3. The van der Waals surface area contributed by atoms with Gasteiger partial charge in [0.25, 0.3) is 0 Å². The van der Waals surface area contributed by atoms with Gasteiger partial charge in [-0.15, -0.1) is 10.8 Å². The molecule has 0 aromatic rings. The minimum absolute atomic E-state index is 0.455. The lowest BCUT2D eigenvalue weighted by Gasteiger charge is -2.28. The summed E-state index contributed by atoms with van der Waals surface area (Å²) in [4.78, 5) is 0. The highest BCUT2D eigenvalue weighted by atomic mass is 32.3. The molecule has 3 nitrogen and oxygen atoms in total. The normalized spacial score (nSPS) is 12.4. The van der Waals surface area contributed by atoms with Crippen LogP contribution in [0.4, 0.5) is 0 Å². The molecule has 3 N–H and O–H groups in total. The third-order valence-electron chi connectivity index (χ3n) is 0.765. The number of nitrogens with one attached hydrogen (secondary N) is 1. The van der Waals surface area contributed by atoms with E-state index in [-0.39, 0.29) is 0 Å². The van der Waals surface area contributed by atoms with Crippen LogP contribution in [0.25, 0.3) is 0 Å². The maximum absolute atomic E-state index is 8.79. The first-order valence-electron chi connectivity index (χ1n) is 3.89. The quantitative estimate of drug-likeness (QED) is 0.630. The van der Waals surface area contributed by atoms with Gasteiger partial charge in [0, 0.05) is 12.8 Å². The van der Waals surface area contributed by atoms with Crippen LogP contribution in [0.1, 0.15) is 27.7 Å². The van der Waals surface area contributed by atoms with Crippen LogP contribution >= 0.6 is 10.8 Å². The topological polar surface area (TPSA) is 52.5 Å². The van der Waals surface area contributed by atoms with Crippen LogP contribution < -0.4 is 4.72 Å². The van der Waals surface area contributed by atoms with Crippen molar-refractivity contribution in [3.8, 4) is 0 Å². The fourth-order valence-corrected chi connectivity index (χ4v) is 0.974. The molecule has 4 heteroatoms. The SMILES string of the molecule is CC.CC(C)CNS(C)(O)O. The molecule has 0 amide bonds. The van der Waals surface area contributed by atoms with E-state index < -0.39 is 10.8 Å². The van der Waals surface area contributed by atoms with Crippen molar-refractivity contribution in [1.29, 1.82) is 0 Å². The van der Waals surface area contributed by atoms with Gasteiger partial charge in [0.05, 0.1) is 0 Å². The molecule has 0 aromatic heterocycles. The Balaban J connectivity index is 0. The summed E-state index contributed by atoms with van der Waals surface area (Å²) in [7, 11) is -2.47. The predicted octanol–water partition coefficient (Wildman–Crippen LogP) is 2.55. The third-order valence-corrected chi connectivity index (χ3v) is 1.48. The highest BCUT2D eigenvalue weighted by Crippen LogP contribution is 2.26. The first-order chi connectivity index (χ1) is 4.92. The van der Waals surface area contributed by atoms with Crippen molar-refractivity contribution in [2.24, 2.45) is 5.92 Å². The molecule has 0 unspecified atom stereocenters. The highest BCUT2D eigenvalue weighted by molar-refractivity contribution is 8.22. The van der Waals surface area contributed by atoms with E-state index in [4.69, 9.17) is 9.11 Å². The molecule has 0 radical (unpaired) electrons. The summed E-state index contributed by atoms with van der Waals surface area (Å²) in [6.07, 6.45) is 1.38. The number of rotatable bonds is 3. The van der Waals surface area contributed by atoms with E-state index in [0.717, 1.165) is 0 Å². The van der Waals surface area contributed by atoms with Gasteiger partial charge in [-0.2, -0.15) is 0 Å². The summed E-state index contributed by atoms with van der Waals surface area (Å²) in [5.74, 6) is 0.455. The highest BCUT2D eigenvalue weighted by Gasteiger charge is 2.01. The molecular weight excluding hydrogens is 162 g/mol. The fraction of sp³-hybridized carbons (Fsp3) is 1.00. The first kappa shape index (κ1) is 13.8. The Morgan fingerprint density at radius 2 is 1.64 bits per heavy atom. The largest absolute Gasteiger partial charge is 0.286 e. The number of hydrogen-bond acceptors (Lipinski definition) is 3. The predicted molar refractivity (Wildman–Crippen MR) is 53.0 cm³/mol. The average Bonchev–Trinajstić information content (AvgIpc) is 1.87. The van der Waals surface area contributed by atoms with Crippen molar-refractivity contribution in [1.82, 2.24) is 4.72 Å². The van der Waals surface area contributed by atoms with Crippen LogP contribution in [-0.4, -0.2) is 21.9 Å². The second-order valence-corrected chi connectivity index (χ2v) is 4.53. The Kier molecular flexibility index (Phi) is 8.67. The second-order valence-electron chi connectivity index (χ2n) is 2.58. The molecule has 0 fully saturated rings. The summed E-state index contributed by atoms with van der Waals surface area (Å²) in [6, 6.07) is 0. The molecule has 0 aliphatic heterocycles. The van der Waals surface area contributed by atoms with Crippen molar-refractivity contribution in [2.45, 2.75) is 27.7 Å². The molecule has 11 heavy (non-hydrogen) atoms. The minimum atomic E-state index is -2.47. The second kappa shape index (κ2) is 6.91. The van der Waals surface area contributed by atoms with Crippen LogP contribution in [0.5, 0.6) is 0 Å². The molecule has 0 aliphatic carbocycles. The van der Waals surface area contributed by atoms with Gasteiger partial charge in [0.1, 0.15) is 0 Å². The molecule has 0 aromatic carbocycles. The molecule has 0 heterocycles. The van der Waals surface area contributed by atoms with Crippen LogP contribution in [0, 0.1) is 5.92 Å². The van der Waals surface area contributed by atoms with Crippen LogP contribution in [-0.2, 0) is 0 Å². The van der Waals surface area contributed by atoms with Gasteiger partial charge in [-0.25, -0.2) is 4.72 Å². The van der Waals surface area contributed by atoms with E-state index in [1.807, 2.05) is 27.7 Å². The van der Waals surface area contributed by atoms with Crippen molar-refractivity contribution >= 4 is 10.8 Å². The Morgan fingerprint density at radius 3 is 1.73 bits per heavy atom. The van der Waals surface area contributed by atoms with Crippen molar-refractivity contribution in [3.05, 3.63) is 0 Å². The molecule has 0 saturated carbocycles. The molecule has 0 spiro atoms. The molecule has 72 valence electrons. The van der Waals surface area contributed by atoms with Gasteiger partial charge in [-0.1, -0.05) is 27.7 Å². The maximum Gasteiger partial charge on any atom is 0.0416 e. The van der Waals surface area contributed by atoms with E-state index in [1.54, 1.807) is 0 Å². The van der Waals surface area contributed by atoms with E-state index in [0.29, 0.717) is 12.5 Å². The molecule has 0 bridgehead atoms. The van der Waals surface area contributed by atoms with Gasteiger partial charge in [0.15, 0.2) is 0 Å². The molecule has 0 rings (SSSR count).